The lowest BCUT2D eigenvalue weighted by Gasteiger charge is -2.23. The van der Waals surface area contributed by atoms with Gasteiger partial charge in [0.15, 0.2) is 0 Å². The van der Waals surface area contributed by atoms with Crippen LogP contribution in [-0.2, 0) is 19.1 Å². The molecule has 0 fully saturated rings. The molecule has 1 N–H and O–H groups in total. The van der Waals surface area contributed by atoms with Gasteiger partial charge in [0.1, 0.15) is 12.7 Å². The van der Waals surface area contributed by atoms with E-state index in [1.165, 1.54) is 57.8 Å². The van der Waals surface area contributed by atoms with Gasteiger partial charge in [-0.1, -0.05) is 97.3 Å². The highest BCUT2D eigenvalue weighted by molar-refractivity contribution is 5.87. The van der Waals surface area contributed by atoms with Gasteiger partial charge in [-0.15, -0.1) is 0 Å². The first-order chi connectivity index (χ1) is 16.8. The number of allylic oxidation sites excluding steroid dienone is 2. The number of carbonyl (C=O) groups is 2. The first-order valence-electron chi connectivity index (χ1n) is 14.2. The van der Waals surface area contributed by atoms with E-state index in [-0.39, 0.29) is 30.5 Å². The molecule has 0 aliphatic carbocycles. The Morgan fingerprint density at radius 3 is 1.97 bits per heavy atom. The number of aliphatic hydroxyl groups is 1. The molecule has 0 saturated carbocycles. The van der Waals surface area contributed by atoms with Gasteiger partial charge in [-0.25, -0.2) is 4.79 Å². The second kappa shape index (κ2) is 22.8. The minimum Gasteiger partial charge on any atom is -0.462 e. The van der Waals surface area contributed by atoms with Crippen LogP contribution in [0, 0.1) is 5.92 Å². The Hall–Kier alpha value is -1.62. The molecule has 0 aromatic heterocycles. The van der Waals surface area contributed by atoms with E-state index < -0.39 is 18.2 Å². The van der Waals surface area contributed by atoms with Crippen molar-refractivity contribution in [3.05, 3.63) is 24.3 Å². The highest BCUT2D eigenvalue weighted by Crippen LogP contribution is 2.16. The Morgan fingerprint density at radius 2 is 1.43 bits per heavy atom. The highest BCUT2D eigenvalue weighted by Gasteiger charge is 2.23. The van der Waals surface area contributed by atoms with E-state index in [1.807, 2.05) is 13.8 Å². The number of aliphatic hydroxyl groups excluding tert-OH is 1. The molecule has 0 saturated heterocycles. The van der Waals surface area contributed by atoms with Crippen LogP contribution < -0.4 is 0 Å². The molecule has 0 amide bonds. The maximum atomic E-state index is 12.1. The average Bonchev–Trinajstić information content (AvgIpc) is 2.84. The standard InChI is InChI=1S/C30H54O5/c1-6-8-9-10-11-12-13-14-15-16-17-18-19-20-21-22-29(32)34-24-27(35-30(33)25(3)4)23-28(31)26(5)7-2/h14-15,26-28,31H,3,6-13,16-24H2,1-2,4-5H3/b15-14-. The lowest BCUT2D eigenvalue weighted by molar-refractivity contribution is -0.158. The molecule has 0 aromatic carbocycles. The molecule has 5 heteroatoms. The molecule has 0 radical (unpaired) electrons. The number of esters is 2. The molecule has 35 heavy (non-hydrogen) atoms. The van der Waals surface area contributed by atoms with Crippen LogP contribution in [-0.4, -0.2) is 35.9 Å². The maximum absolute atomic E-state index is 12.1. The Morgan fingerprint density at radius 1 is 0.886 bits per heavy atom. The highest BCUT2D eigenvalue weighted by atomic mass is 16.6. The normalized spacial score (nSPS) is 14.0. The fraction of sp³-hybridized carbons (Fsp3) is 0.800. The van der Waals surface area contributed by atoms with Crippen molar-refractivity contribution in [3.63, 3.8) is 0 Å². The largest absolute Gasteiger partial charge is 0.462 e. The van der Waals surface area contributed by atoms with Crippen LogP contribution in [0.15, 0.2) is 24.3 Å². The smallest absolute Gasteiger partial charge is 0.333 e. The van der Waals surface area contributed by atoms with Crippen LogP contribution in [0.1, 0.15) is 130 Å². The fourth-order valence-electron chi connectivity index (χ4n) is 3.77. The molecule has 204 valence electrons. The SMILES string of the molecule is C=C(C)C(=O)OC(COC(=O)CCCCCCC/C=C\CCCCCCCC)CC(O)C(C)CC. The lowest BCUT2D eigenvalue weighted by Crippen LogP contribution is -2.32. The van der Waals surface area contributed by atoms with E-state index in [9.17, 15) is 14.7 Å². The summed E-state index contributed by atoms with van der Waals surface area (Å²) in [4.78, 5) is 24.0. The number of hydrogen-bond donors (Lipinski definition) is 1. The van der Waals surface area contributed by atoms with Crippen LogP contribution in [0.5, 0.6) is 0 Å². The van der Waals surface area contributed by atoms with Gasteiger partial charge in [-0.2, -0.15) is 0 Å². The van der Waals surface area contributed by atoms with Crippen LogP contribution in [0.4, 0.5) is 0 Å². The molecule has 0 rings (SSSR count). The summed E-state index contributed by atoms with van der Waals surface area (Å²) >= 11 is 0. The summed E-state index contributed by atoms with van der Waals surface area (Å²) in [5, 5.41) is 10.3. The van der Waals surface area contributed by atoms with Crippen molar-refractivity contribution in [3.8, 4) is 0 Å². The van der Waals surface area contributed by atoms with Gasteiger partial charge >= 0.3 is 11.9 Å². The fourth-order valence-corrected chi connectivity index (χ4v) is 3.77. The van der Waals surface area contributed by atoms with E-state index in [1.54, 1.807) is 6.92 Å². The molecular formula is C30H54O5. The first kappa shape index (κ1) is 33.4. The third-order valence-electron chi connectivity index (χ3n) is 6.50. The maximum Gasteiger partial charge on any atom is 0.333 e. The van der Waals surface area contributed by atoms with Gasteiger partial charge in [0.25, 0.3) is 0 Å². The van der Waals surface area contributed by atoms with Crippen molar-refractivity contribution in [1.29, 1.82) is 0 Å². The Kier molecular flexibility index (Phi) is 21.8. The number of ether oxygens (including phenoxy) is 2. The average molecular weight is 495 g/mol. The van der Waals surface area contributed by atoms with E-state index in [4.69, 9.17) is 9.47 Å². The zero-order chi connectivity index (χ0) is 26.3. The predicted octanol–water partition coefficient (Wildman–Crippen LogP) is 7.85. The molecule has 0 aliphatic rings. The van der Waals surface area contributed by atoms with E-state index in [0.717, 1.165) is 32.1 Å². The topological polar surface area (TPSA) is 72.8 Å². The third kappa shape index (κ3) is 20.3. The summed E-state index contributed by atoms with van der Waals surface area (Å²) in [6.07, 6.45) is 20.6. The Labute approximate surface area is 215 Å². The van der Waals surface area contributed by atoms with Crippen molar-refractivity contribution < 1.29 is 24.2 Å². The zero-order valence-corrected chi connectivity index (χ0v) is 23.2. The van der Waals surface area contributed by atoms with E-state index in [2.05, 4.69) is 25.7 Å². The third-order valence-corrected chi connectivity index (χ3v) is 6.50. The van der Waals surface area contributed by atoms with Gasteiger partial charge in [0.05, 0.1) is 6.10 Å². The summed E-state index contributed by atoms with van der Waals surface area (Å²) in [5.74, 6) is -0.732. The zero-order valence-electron chi connectivity index (χ0n) is 23.2. The van der Waals surface area contributed by atoms with Gasteiger partial charge in [0.2, 0.25) is 0 Å². The van der Waals surface area contributed by atoms with Crippen molar-refractivity contribution in [2.45, 2.75) is 143 Å². The summed E-state index contributed by atoms with van der Waals surface area (Å²) in [6.45, 7) is 11.3. The van der Waals surface area contributed by atoms with Crippen LogP contribution >= 0.6 is 0 Å². The lowest BCUT2D eigenvalue weighted by atomic mass is 9.97. The molecular weight excluding hydrogens is 440 g/mol. The Balaban J connectivity index is 3.91. The van der Waals surface area contributed by atoms with Gasteiger partial charge in [-0.3, -0.25) is 4.79 Å². The molecule has 5 nitrogen and oxygen atoms in total. The summed E-state index contributed by atoms with van der Waals surface area (Å²) < 4.78 is 10.7. The van der Waals surface area contributed by atoms with Crippen molar-refractivity contribution in [1.82, 2.24) is 0 Å². The molecule has 0 aromatic rings. The summed E-state index contributed by atoms with van der Waals surface area (Å²) in [6, 6.07) is 0. The van der Waals surface area contributed by atoms with Gasteiger partial charge in [0, 0.05) is 18.4 Å². The summed E-state index contributed by atoms with van der Waals surface area (Å²) in [5.41, 5.74) is 0.285. The predicted molar refractivity (Wildman–Crippen MR) is 145 cm³/mol. The van der Waals surface area contributed by atoms with E-state index >= 15 is 0 Å². The van der Waals surface area contributed by atoms with Crippen LogP contribution in [0.25, 0.3) is 0 Å². The van der Waals surface area contributed by atoms with E-state index in [0.29, 0.717) is 6.42 Å². The molecule has 0 aliphatic heterocycles. The minimum atomic E-state index is -0.665. The number of hydrogen-bond acceptors (Lipinski definition) is 5. The second-order valence-corrected chi connectivity index (χ2v) is 10.0. The quantitative estimate of drug-likeness (QED) is 0.0677. The number of carbonyl (C=O) groups excluding carboxylic acids is 2. The van der Waals surface area contributed by atoms with Gasteiger partial charge in [-0.05, 0) is 44.9 Å². The van der Waals surface area contributed by atoms with Crippen molar-refractivity contribution in [2.24, 2.45) is 5.92 Å². The van der Waals surface area contributed by atoms with Gasteiger partial charge < -0.3 is 14.6 Å². The molecule has 0 bridgehead atoms. The monoisotopic (exact) mass is 494 g/mol. The second-order valence-electron chi connectivity index (χ2n) is 10.0. The number of rotatable bonds is 23. The number of unbranched alkanes of at least 4 members (excludes halogenated alkanes) is 11. The molecule has 3 atom stereocenters. The molecule has 0 spiro atoms. The van der Waals surface area contributed by atoms with Crippen LogP contribution in [0.3, 0.4) is 0 Å². The Bertz CT molecular complexity index is 583. The minimum absolute atomic E-state index is 0.0313. The van der Waals surface area contributed by atoms with Crippen molar-refractivity contribution in [2.75, 3.05) is 6.61 Å². The molecule has 3 unspecified atom stereocenters. The summed E-state index contributed by atoms with van der Waals surface area (Å²) in [7, 11) is 0. The van der Waals surface area contributed by atoms with Crippen LogP contribution in [0.2, 0.25) is 0 Å². The molecule has 0 heterocycles. The van der Waals surface area contributed by atoms with Crippen molar-refractivity contribution >= 4 is 11.9 Å². The first-order valence-corrected chi connectivity index (χ1v) is 14.2.